The average molecular weight is 286 g/mol. The molecule has 0 aliphatic carbocycles. The van der Waals surface area contributed by atoms with Crippen LogP contribution in [0.5, 0.6) is 0 Å². The minimum absolute atomic E-state index is 0.140. The number of carbonyl (C=O) groups is 1. The third kappa shape index (κ3) is 2.44. The van der Waals surface area contributed by atoms with Crippen molar-refractivity contribution in [2.45, 2.75) is 19.3 Å². The van der Waals surface area contributed by atoms with E-state index in [4.69, 9.17) is 11.6 Å². The highest BCUT2D eigenvalue weighted by Gasteiger charge is 2.22. The molecule has 102 valence electrons. The second-order valence-corrected chi connectivity index (χ2v) is 5.67. The zero-order valence-corrected chi connectivity index (χ0v) is 12.1. The van der Waals surface area contributed by atoms with Crippen LogP contribution in [-0.2, 0) is 4.79 Å². The molecule has 2 nitrogen and oxygen atoms in total. The molecule has 3 rings (SSSR count). The summed E-state index contributed by atoms with van der Waals surface area (Å²) < 4.78 is 0. The Morgan fingerprint density at radius 3 is 2.50 bits per heavy atom. The van der Waals surface area contributed by atoms with E-state index in [1.165, 1.54) is 11.1 Å². The van der Waals surface area contributed by atoms with Gasteiger partial charge in [-0.3, -0.25) is 4.79 Å². The second-order valence-electron chi connectivity index (χ2n) is 5.26. The summed E-state index contributed by atoms with van der Waals surface area (Å²) >= 11 is 6.30. The van der Waals surface area contributed by atoms with E-state index in [0.717, 1.165) is 22.7 Å². The van der Waals surface area contributed by atoms with Crippen molar-refractivity contribution in [3.05, 3.63) is 58.6 Å². The summed E-state index contributed by atoms with van der Waals surface area (Å²) in [7, 11) is 0. The molecule has 1 fully saturated rings. The molecule has 1 saturated heterocycles. The number of aryl methyl sites for hydroxylation is 1. The molecule has 1 aliphatic rings. The van der Waals surface area contributed by atoms with Gasteiger partial charge in [0.2, 0.25) is 5.91 Å². The van der Waals surface area contributed by atoms with Crippen LogP contribution < -0.4 is 5.32 Å². The predicted molar refractivity (Wildman–Crippen MR) is 82.0 cm³/mol. The lowest BCUT2D eigenvalue weighted by Gasteiger charge is -2.11. The van der Waals surface area contributed by atoms with Gasteiger partial charge in [0.1, 0.15) is 0 Å². The molecular weight excluding hydrogens is 270 g/mol. The van der Waals surface area contributed by atoms with Crippen LogP contribution in [0.2, 0.25) is 5.02 Å². The third-order valence-corrected chi connectivity index (χ3v) is 4.19. The highest BCUT2D eigenvalue weighted by atomic mass is 35.5. The number of benzene rings is 2. The van der Waals surface area contributed by atoms with Gasteiger partial charge in [-0.15, -0.1) is 0 Å². The molecule has 0 spiro atoms. The van der Waals surface area contributed by atoms with E-state index in [0.29, 0.717) is 12.3 Å². The Balaban J connectivity index is 1.92. The number of carbonyl (C=O) groups excluding carboxylic acids is 1. The van der Waals surface area contributed by atoms with Crippen LogP contribution >= 0.6 is 11.6 Å². The van der Waals surface area contributed by atoms with Crippen LogP contribution in [0.1, 0.15) is 23.5 Å². The second kappa shape index (κ2) is 5.29. The van der Waals surface area contributed by atoms with Crippen LogP contribution in [-0.4, -0.2) is 12.5 Å². The first-order chi connectivity index (χ1) is 9.65. The van der Waals surface area contributed by atoms with Gasteiger partial charge in [0.05, 0.1) is 0 Å². The van der Waals surface area contributed by atoms with Crippen LogP contribution in [0.25, 0.3) is 11.1 Å². The largest absolute Gasteiger partial charge is 0.355 e. The molecule has 0 radical (unpaired) electrons. The molecule has 1 N–H and O–H groups in total. The van der Waals surface area contributed by atoms with E-state index >= 15 is 0 Å². The molecule has 2 aromatic carbocycles. The number of rotatable bonds is 2. The third-order valence-electron chi connectivity index (χ3n) is 3.87. The Morgan fingerprint density at radius 2 is 1.90 bits per heavy atom. The van der Waals surface area contributed by atoms with E-state index < -0.39 is 0 Å². The van der Waals surface area contributed by atoms with Gasteiger partial charge in [-0.05, 0) is 29.7 Å². The zero-order valence-electron chi connectivity index (χ0n) is 11.3. The van der Waals surface area contributed by atoms with Gasteiger partial charge in [-0.1, -0.05) is 48.0 Å². The maximum absolute atomic E-state index is 11.3. The van der Waals surface area contributed by atoms with Crippen LogP contribution in [0.15, 0.2) is 42.5 Å². The fraction of sp³-hybridized carbons (Fsp3) is 0.235. The van der Waals surface area contributed by atoms with E-state index in [-0.39, 0.29) is 5.91 Å². The van der Waals surface area contributed by atoms with E-state index in [2.05, 4.69) is 42.6 Å². The van der Waals surface area contributed by atoms with Gasteiger partial charge in [0, 0.05) is 29.5 Å². The van der Waals surface area contributed by atoms with Gasteiger partial charge in [-0.2, -0.15) is 0 Å². The van der Waals surface area contributed by atoms with Crippen molar-refractivity contribution in [2.24, 2.45) is 0 Å². The van der Waals surface area contributed by atoms with Gasteiger partial charge < -0.3 is 5.32 Å². The zero-order chi connectivity index (χ0) is 14.1. The van der Waals surface area contributed by atoms with Crippen molar-refractivity contribution in [2.75, 3.05) is 6.54 Å². The van der Waals surface area contributed by atoms with Gasteiger partial charge in [0.15, 0.2) is 0 Å². The standard InChI is InChI=1S/C17H16ClNO/c1-11-3-2-4-15(18)17(11)13-7-5-12(6-8-13)14-9-16(20)19-10-14/h2-8,14H,9-10H2,1H3,(H,19,20). The van der Waals surface area contributed by atoms with Crippen molar-refractivity contribution in [1.29, 1.82) is 0 Å². The highest BCUT2D eigenvalue weighted by molar-refractivity contribution is 6.33. The minimum Gasteiger partial charge on any atom is -0.355 e. The van der Waals surface area contributed by atoms with E-state index in [9.17, 15) is 4.79 Å². The number of hydrogen-bond acceptors (Lipinski definition) is 1. The molecule has 3 heteroatoms. The summed E-state index contributed by atoms with van der Waals surface area (Å²) in [5, 5.41) is 3.65. The highest BCUT2D eigenvalue weighted by Crippen LogP contribution is 2.32. The molecule has 1 amide bonds. The van der Waals surface area contributed by atoms with Crippen LogP contribution in [0.4, 0.5) is 0 Å². The molecule has 1 unspecified atom stereocenters. The molecule has 1 aliphatic heterocycles. The smallest absolute Gasteiger partial charge is 0.220 e. The topological polar surface area (TPSA) is 29.1 Å². The normalized spacial score (nSPS) is 18.1. The van der Waals surface area contributed by atoms with Crippen molar-refractivity contribution < 1.29 is 4.79 Å². The first kappa shape index (κ1) is 13.2. The molecule has 0 aromatic heterocycles. The van der Waals surface area contributed by atoms with Gasteiger partial charge in [-0.25, -0.2) is 0 Å². The minimum atomic E-state index is 0.140. The summed E-state index contributed by atoms with van der Waals surface area (Å²) in [4.78, 5) is 11.3. The fourth-order valence-electron chi connectivity index (χ4n) is 2.76. The lowest BCUT2D eigenvalue weighted by atomic mass is 9.94. The van der Waals surface area contributed by atoms with E-state index in [1.807, 2.05) is 12.1 Å². The van der Waals surface area contributed by atoms with Gasteiger partial charge in [0.25, 0.3) is 0 Å². The summed E-state index contributed by atoms with van der Waals surface area (Å²) in [6.07, 6.45) is 0.588. The summed E-state index contributed by atoms with van der Waals surface area (Å²) in [6, 6.07) is 14.3. The number of amides is 1. The lowest BCUT2D eigenvalue weighted by Crippen LogP contribution is -2.13. The Morgan fingerprint density at radius 1 is 1.15 bits per heavy atom. The summed E-state index contributed by atoms with van der Waals surface area (Å²) in [6.45, 7) is 2.80. The van der Waals surface area contributed by atoms with Crippen molar-refractivity contribution in [1.82, 2.24) is 5.32 Å². The first-order valence-electron chi connectivity index (χ1n) is 6.77. The Kier molecular flexibility index (Phi) is 3.49. The lowest BCUT2D eigenvalue weighted by molar-refractivity contribution is -0.119. The molecular formula is C17H16ClNO. The molecule has 1 atom stereocenters. The number of halogens is 1. The Hall–Kier alpha value is -1.80. The van der Waals surface area contributed by atoms with Crippen molar-refractivity contribution in [3.63, 3.8) is 0 Å². The summed E-state index contributed by atoms with van der Waals surface area (Å²) in [5.74, 6) is 0.435. The SMILES string of the molecule is Cc1cccc(Cl)c1-c1ccc(C2CNC(=O)C2)cc1. The average Bonchev–Trinajstić information content (AvgIpc) is 2.86. The van der Waals surface area contributed by atoms with Crippen LogP contribution in [0.3, 0.4) is 0 Å². The predicted octanol–water partition coefficient (Wildman–Crippen LogP) is 3.92. The van der Waals surface area contributed by atoms with E-state index in [1.54, 1.807) is 0 Å². The van der Waals surface area contributed by atoms with Crippen molar-refractivity contribution in [3.8, 4) is 11.1 Å². The van der Waals surface area contributed by atoms with Crippen LogP contribution in [0, 0.1) is 6.92 Å². The Labute approximate surface area is 123 Å². The first-order valence-corrected chi connectivity index (χ1v) is 7.15. The maximum Gasteiger partial charge on any atom is 0.220 e. The molecule has 0 saturated carbocycles. The summed E-state index contributed by atoms with van der Waals surface area (Å²) in [5.41, 5.74) is 4.58. The monoisotopic (exact) mass is 285 g/mol. The fourth-order valence-corrected chi connectivity index (χ4v) is 3.09. The number of hydrogen-bond donors (Lipinski definition) is 1. The molecule has 1 heterocycles. The molecule has 2 aromatic rings. The Bertz CT molecular complexity index is 628. The number of nitrogens with one attached hydrogen (secondary N) is 1. The van der Waals surface area contributed by atoms with Crippen molar-refractivity contribution >= 4 is 17.5 Å². The maximum atomic E-state index is 11.3. The molecule has 0 bridgehead atoms. The van der Waals surface area contributed by atoms with Gasteiger partial charge >= 0.3 is 0 Å². The quantitative estimate of drug-likeness (QED) is 0.890. The molecule has 20 heavy (non-hydrogen) atoms.